The molecule has 4 aromatic rings. The van der Waals surface area contributed by atoms with Gasteiger partial charge in [0.05, 0.1) is 5.56 Å². The van der Waals surface area contributed by atoms with E-state index in [1.54, 1.807) is 25.2 Å². The number of aryl methyl sites for hydroxylation is 1. The molecular weight excluding hydrogens is 431 g/mol. The van der Waals surface area contributed by atoms with Gasteiger partial charge in [-0.1, -0.05) is 26.0 Å². The largest absolute Gasteiger partial charge is 0.455 e. The predicted octanol–water partition coefficient (Wildman–Crippen LogP) is 5.96. The monoisotopic (exact) mass is 458 g/mol. The van der Waals surface area contributed by atoms with E-state index in [0.29, 0.717) is 45.9 Å². The topological polar surface area (TPSA) is 71.3 Å². The normalized spacial score (nSPS) is 11.1. The van der Waals surface area contributed by atoms with Gasteiger partial charge in [-0.05, 0) is 78.1 Å². The van der Waals surface area contributed by atoms with Gasteiger partial charge in [0.2, 0.25) is 0 Å². The fourth-order valence-corrected chi connectivity index (χ4v) is 3.94. The Kier molecular flexibility index (Phi) is 6.50. The Labute approximate surface area is 198 Å². The minimum Gasteiger partial charge on any atom is -0.455 e. The lowest BCUT2D eigenvalue weighted by Gasteiger charge is -2.11. The van der Waals surface area contributed by atoms with Gasteiger partial charge in [-0.3, -0.25) is 9.59 Å². The van der Waals surface area contributed by atoms with Crippen LogP contribution in [0.15, 0.2) is 65.1 Å². The molecule has 174 valence electrons. The molecule has 0 aliphatic heterocycles. The number of rotatable bonds is 6. The molecule has 2 N–H and O–H groups in total. The minimum absolute atomic E-state index is 0.123. The van der Waals surface area contributed by atoms with E-state index < -0.39 is 0 Å². The van der Waals surface area contributed by atoms with Crippen molar-refractivity contribution in [3.05, 3.63) is 83.2 Å². The molecule has 1 heterocycles. The zero-order chi connectivity index (χ0) is 24.4. The van der Waals surface area contributed by atoms with Crippen molar-refractivity contribution < 1.29 is 18.4 Å². The van der Waals surface area contributed by atoms with Gasteiger partial charge in [-0.25, -0.2) is 4.39 Å². The van der Waals surface area contributed by atoms with Crippen LogP contribution in [0.4, 0.5) is 4.39 Å². The summed E-state index contributed by atoms with van der Waals surface area (Å²) in [5, 5.41) is 6.27. The fourth-order valence-electron chi connectivity index (χ4n) is 3.94. The smallest absolute Gasteiger partial charge is 0.255 e. The Bertz CT molecular complexity index is 1370. The lowest BCUT2D eigenvalue weighted by atomic mass is 9.95. The molecule has 0 saturated heterocycles. The molecule has 4 rings (SSSR count). The summed E-state index contributed by atoms with van der Waals surface area (Å²) < 4.78 is 19.6. The first-order valence-electron chi connectivity index (χ1n) is 11.2. The van der Waals surface area contributed by atoms with E-state index in [2.05, 4.69) is 10.6 Å². The number of furan rings is 1. The van der Waals surface area contributed by atoms with Crippen LogP contribution >= 0.6 is 0 Å². The van der Waals surface area contributed by atoms with Crippen LogP contribution in [0.3, 0.4) is 0 Å². The number of benzene rings is 3. The van der Waals surface area contributed by atoms with Crippen molar-refractivity contribution in [2.75, 3.05) is 13.6 Å². The summed E-state index contributed by atoms with van der Waals surface area (Å²) in [6, 6.07) is 17.1. The first-order chi connectivity index (χ1) is 16.3. The second-order valence-corrected chi connectivity index (χ2v) is 8.74. The van der Waals surface area contributed by atoms with Gasteiger partial charge in [-0.15, -0.1) is 0 Å². The zero-order valence-corrected chi connectivity index (χ0v) is 19.7. The zero-order valence-electron chi connectivity index (χ0n) is 19.7. The molecule has 3 aromatic carbocycles. The van der Waals surface area contributed by atoms with Gasteiger partial charge < -0.3 is 15.1 Å². The van der Waals surface area contributed by atoms with Gasteiger partial charge in [0.25, 0.3) is 11.8 Å². The van der Waals surface area contributed by atoms with E-state index in [-0.39, 0.29) is 17.6 Å². The highest BCUT2D eigenvalue weighted by Gasteiger charge is 2.23. The van der Waals surface area contributed by atoms with Gasteiger partial charge in [0.15, 0.2) is 0 Å². The number of amides is 2. The molecule has 34 heavy (non-hydrogen) atoms. The third kappa shape index (κ3) is 4.57. The summed E-state index contributed by atoms with van der Waals surface area (Å²) in [4.78, 5) is 25.4. The number of hydrogen-bond acceptors (Lipinski definition) is 3. The van der Waals surface area contributed by atoms with E-state index in [9.17, 15) is 14.0 Å². The van der Waals surface area contributed by atoms with Crippen LogP contribution in [0.1, 0.15) is 40.1 Å². The highest BCUT2D eigenvalue weighted by atomic mass is 19.1. The summed E-state index contributed by atoms with van der Waals surface area (Å²) in [5.74, 6) is -0.0437. The maximum atomic E-state index is 13.5. The average Bonchev–Trinajstić information content (AvgIpc) is 3.20. The maximum absolute atomic E-state index is 13.5. The molecule has 1 aromatic heterocycles. The molecule has 0 aliphatic carbocycles. The Balaban J connectivity index is 1.84. The van der Waals surface area contributed by atoms with Gasteiger partial charge in [0.1, 0.15) is 17.2 Å². The summed E-state index contributed by atoms with van der Waals surface area (Å²) >= 11 is 0. The molecule has 0 fully saturated rings. The van der Waals surface area contributed by atoms with Crippen LogP contribution < -0.4 is 10.6 Å². The Morgan fingerprint density at radius 1 is 0.971 bits per heavy atom. The van der Waals surface area contributed by atoms with Crippen molar-refractivity contribution in [3.63, 3.8) is 0 Å². The van der Waals surface area contributed by atoms with Crippen molar-refractivity contribution in [1.29, 1.82) is 0 Å². The predicted molar refractivity (Wildman–Crippen MR) is 132 cm³/mol. The molecule has 0 radical (unpaired) electrons. The number of carbonyl (C=O) groups excluding carboxylic acids is 2. The lowest BCUT2D eigenvalue weighted by molar-refractivity contribution is 0.0945. The van der Waals surface area contributed by atoms with E-state index in [1.165, 1.54) is 12.1 Å². The van der Waals surface area contributed by atoms with Crippen LogP contribution in [0.25, 0.3) is 33.4 Å². The number of carbonyl (C=O) groups is 2. The Hall–Kier alpha value is -3.93. The fraction of sp³-hybridized carbons (Fsp3) is 0.214. The molecule has 0 unspecified atom stereocenters. The van der Waals surface area contributed by atoms with Crippen LogP contribution in [-0.2, 0) is 0 Å². The standard InChI is InChI=1S/C28H27FN2O3/c1-16(2)15-31-27(32)20-7-5-6-19(13-20)22-14-23-24(12-17(22)3)34-26(25(23)28(33)30-4)18-8-10-21(29)11-9-18/h5-14,16H,15H2,1-4H3,(H,30,33)(H,31,32). The van der Waals surface area contributed by atoms with Crippen molar-refractivity contribution in [1.82, 2.24) is 10.6 Å². The van der Waals surface area contributed by atoms with E-state index in [0.717, 1.165) is 16.7 Å². The summed E-state index contributed by atoms with van der Waals surface area (Å²) in [6.45, 7) is 6.65. The van der Waals surface area contributed by atoms with Crippen molar-refractivity contribution in [2.24, 2.45) is 5.92 Å². The molecule has 0 aliphatic rings. The molecule has 0 saturated carbocycles. The number of fused-ring (bicyclic) bond motifs is 1. The third-order valence-corrected chi connectivity index (χ3v) is 5.70. The minimum atomic E-state index is -0.364. The van der Waals surface area contributed by atoms with E-state index in [1.807, 2.05) is 51.1 Å². The summed E-state index contributed by atoms with van der Waals surface area (Å²) in [6.07, 6.45) is 0. The molecule has 0 spiro atoms. The second kappa shape index (κ2) is 9.51. The third-order valence-electron chi connectivity index (χ3n) is 5.70. The van der Waals surface area contributed by atoms with Crippen LogP contribution in [0.5, 0.6) is 0 Å². The highest BCUT2D eigenvalue weighted by molar-refractivity contribution is 6.12. The molecule has 0 bridgehead atoms. The number of hydrogen-bond donors (Lipinski definition) is 2. The van der Waals surface area contributed by atoms with Crippen molar-refractivity contribution in [2.45, 2.75) is 20.8 Å². The molecule has 5 nitrogen and oxygen atoms in total. The maximum Gasteiger partial charge on any atom is 0.255 e. The van der Waals surface area contributed by atoms with Gasteiger partial charge in [0, 0.05) is 30.1 Å². The SMILES string of the molecule is CNC(=O)c1c(-c2ccc(F)cc2)oc2cc(C)c(-c3cccc(C(=O)NCC(C)C)c3)cc12. The first-order valence-corrected chi connectivity index (χ1v) is 11.2. The van der Waals surface area contributed by atoms with Crippen LogP contribution in [0.2, 0.25) is 0 Å². The van der Waals surface area contributed by atoms with E-state index in [4.69, 9.17) is 4.42 Å². The second-order valence-electron chi connectivity index (χ2n) is 8.74. The Morgan fingerprint density at radius 3 is 2.38 bits per heavy atom. The van der Waals surface area contributed by atoms with Gasteiger partial charge in [-0.2, -0.15) is 0 Å². The first kappa shape index (κ1) is 23.2. The summed E-state index contributed by atoms with van der Waals surface area (Å²) in [5.41, 5.74) is 4.82. The quantitative estimate of drug-likeness (QED) is 0.375. The molecular formula is C28H27FN2O3. The summed E-state index contributed by atoms with van der Waals surface area (Å²) in [7, 11) is 1.56. The van der Waals surface area contributed by atoms with Crippen LogP contribution in [-0.4, -0.2) is 25.4 Å². The van der Waals surface area contributed by atoms with Gasteiger partial charge >= 0.3 is 0 Å². The lowest BCUT2D eigenvalue weighted by Crippen LogP contribution is -2.27. The molecule has 2 amide bonds. The molecule has 6 heteroatoms. The average molecular weight is 459 g/mol. The molecule has 0 atom stereocenters. The van der Waals surface area contributed by atoms with Crippen molar-refractivity contribution in [3.8, 4) is 22.5 Å². The van der Waals surface area contributed by atoms with Crippen LogP contribution in [0, 0.1) is 18.7 Å². The Morgan fingerprint density at radius 2 is 1.71 bits per heavy atom. The highest BCUT2D eigenvalue weighted by Crippen LogP contribution is 2.37. The van der Waals surface area contributed by atoms with Crippen molar-refractivity contribution >= 4 is 22.8 Å². The van der Waals surface area contributed by atoms with E-state index >= 15 is 0 Å². The number of nitrogens with one attached hydrogen (secondary N) is 2. The number of halogens is 1.